The SMILES string of the molecule is CCCOc1ccc(OCC(=O)N2CCN(CC(C)C)CC2)cc1. The Labute approximate surface area is 145 Å². The van der Waals surface area contributed by atoms with E-state index in [-0.39, 0.29) is 12.5 Å². The molecular formula is C19H30N2O3. The first kappa shape index (κ1) is 18.6. The molecule has 1 fully saturated rings. The number of ether oxygens (including phenoxy) is 2. The molecule has 1 aliphatic heterocycles. The van der Waals surface area contributed by atoms with Crippen LogP contribution in [0, 0.1) is 5.92 Å². The predicted molar refractivity (Wildman–Crippen MR) is 95.6 cm³/mol. The molecule has 134 valence electrons. The van der Waals surface area contributed by atoms with Crippen molar-refractivity contribution in [1.82, 2.24) is 9.80 Å². The van der Waals surface area contributed by atoms with E-state index in [1.54, 1.807) is 0 Å². The van der Waals surface area contributed by atoms with Crippen LogP contribution in [0.4, 0.5) is 0 Å². The molecule has 0 bridgehead atoms. The van der Waals surface area contributed by atoms with Crippen molar-refractivity contribution in [3.8, 4) is 11.5 Å². The zero-order valence-corrected chi connectivity index (χ0v) is 15.2. The van der Waals surface area contributed by atoms with Crippen LogP contribution in [0.25, 0.3) is 0 Å². The van der Waals surface area contributed by atoms with Crippen LogP contribution in [0.5, 0.6) is 11.5 Å². The van der Waals surface area contributed by atoms with Gasteiger partial charge in [-0.2, -0.15) is 0 Å². The van der Waals surface area contributed by atoms with Crippen molar-refractivity contribution in [2.24, 2.45) is 5.92 Å². The van der Waals surface area contributed by atoms with Crippen LogP contribution in [0.3, 0.4) is 0 Å². The Morgan fingerprint density at radius 1 is 1.04 bits per heavy atom. The number of hydrogen-bond donors (Lipinski definition) is 0. The van der Waals surface area contributed by atoms with Gasteiger partial charge in [-0.25, -0.2) is 0 Å². The van der Waals surface area contributed by atoms with Crippen molar-refractivity contribution in [2.75, 3.05) is 45.9 Å². The molecule has 0 unspecified atom stereocenters. The van der Waals surface area contributed by atoms with E-state index in [2.05, 4.69) is 25.7 Å². The van der Waals surface area contributed by atoms with Crippen molar-refractivity contribution >= 4 is 5.91 Å². The lowest BCUT2D eigenvalue weighted by molar-refractivity contribution is -0.135. The minimum Gasteiger partial charge on any atom is -0.494 e. The Balaban J connectivity index is 1.71. The third kappa shape index (κ3) is 6.04. The highest BCUT2D eigenvalue weighted by Crippen LogP contribution is 2.18. The molecule has 1 amide bonds. The monoisotopic (exact) mass is 334 g/mol. The average Bonchev–Trinajstić information content (AvgIpc) is 2.59. The van der Waals surface area contributed by atoms with Gasteiger partial charge in [0, 0.05) is 32.7 Å². The van der Waals surface area contributed by atoms with E-state index >= 15 is 0 Å². The standard InChI is InChI=1S/C19H30N2O3/c1-4-13-23-17-5-7-18(8-6-17)24-15-19(22)21-11-9-20(10-12-21)14-16(2)3/h5-8,16H,4,9-15H2,1-3H3. The number of hydrogen-bond acceptors (Lipinski definition) is 4. The summed E-state index contributed by atoms with van der Waals surface area (Å²) in [6.07, 6.45) is 0.983. The number of carbonyl (C=O) groups is 1. The Morgan fingerprint density at radius 3 is 2.17 bits per heavy atom. The topological polar surface area (TPSA) is 42.0 Å². The zero-order valence-electron chi connectivity index (χ0n) is 15.2. The van der Waals surface area contributed by atoms with Gasteiger partial charge < -0.3 is 14.4 Å². The second kappa shape index (κ2) is 9.52. The van der Waals surface area contributed by atoms with Gasteiger partial charge in [0.25, 0.3) is 5.91 Å². The molecule has 2 rings (SSSR count). The molecular weight excluding hydrogens is 304 g/mol. The summed E-state index contributed by atoms with van der Waals surface area (Å²) < 4.78 is 11.1. The highest BCUT2D eigenvalue weighted by Gasteiger charge is 2.21. The molecule has 5 heteroatoms. The van der Waals surface area contributed by atoms with Gasteiger partial charge in [-0.1, -0.05) is 20.8 Å². The molecule has 0 radical (unpaired) electrons. The molecule has 0 saturated carbocycles. The summed E-state index contributed by atoms with van der Waals surface area (Å²) in [6, 6.07) is 7.44. The quantitative estimate of drug-likeness (QED) is 0.733. The van der Waals surface area contributed by atoms with Gasteiger partial charge in [-0.3, -0.25) is 9.69 Å². The maximum atomic E-state index is 12.3. The van der Waals surface area contributed by atoms with Crippen molar-refractivity contribution < 1.29 is 14.3 Å². The van der Waals surface area contributed by atoms with Crippen molar-refractivity contribution in [3.63, 3.8) is 0 Å². The van der Waals surface area contributed by atoms with Gasteiger partial charge in [0.15, 0.2) is 6.61 Å². The molecule has 1 aromatic rings. The van der Waals surface area contributed by atoms with Gasteiger partial charge in [0.2, 0.25) is 0 Å². The van der Waals surface area contributed by atoms with Gasteiger partial charge in [0.05, 0.1) is 6.61 Å². The van der Waals surface area contributed by atoms with Crippen LogP contribution in [-0.4, -0.2) is 61.6 Å². The van der Waals surface area contributed by atoms with E-state index < -0.39 is 0 Å². The molecule has 1 saturated heterocycles. The molecule has 5 nitrogen and oxygen atoms in total. The van der Waals surface area contributed by atoms with Gasteiger partial charge in [-0.05, 0) is 36.6 Å². The van der Waals surface area contributed by atoms with Crippen molar-refractivity contribution in [3.05, 3.63) is 24.3 Å². The molecule has 0 aromatic heterocycles. The number of rotatable bonds is 8. The summed E-state index contributed by atoms with van der Waals surface area (Å²) >= 11 is 0. The van der Waals surface area contributed by atoms with E-state index in [0.29, 0.717) is 18.3 Å². The molecule has 1 aromatic carbocycles. The van der Waals surface area contributed by atoms with Crippen molar-refractivity contribution in [1.29, 1.82) is 0 Å². The summed E-state index contributed by atoms with van der Waals surface area (Å²) in [4.78, 5) is 16.6. The summed E-state index contributed by atoms with van der Waals surface area (Å²) in [6.45, 7) is 11.9. The van der Waals surface area contributed by atoms with Gasteiger partial charge in [-0.15, -0.1) is 0 Å². The average molecular weight is 334 g/mol. The third-order valence-corrected chi connectivity index (χ3v) is 4.01. The molecule has 1 aliphatic rings. The first-order valence-electron chi connectivity index (χ1n) is 8.94. The molecule has 1 heterocycles. The molecule has 24 heavy (non-hydrogen) atoms. The lowest BCUT2D eigenvalue weighted by atomic mass is 10.2. The van der Waals surface area contributed by atoms with Crippen LogP contribution >= 0.6 is 0 Å². The van der Waals surface area contributed by atoms with Gasteiger partial charge in [0.1, 0.15) is 11.5 Å². The molecule has 0 N–H and O–H groups in total. The summed E-state index contributed by atoms with van der Waals surface area (Å²) in [5.74, 6) is 2.26. The smallest absolute Gasteiger partial charge is 0.260 e. The normalized spacial score (nSPS) is 15.6. The van der Waals surface area contributed by atoms with Crippen LogP contribution in [0.2, 0.25) is 0 Å². The summed E-state index contributed by atoms with van der Waals surface area (Å²) in [5, 5.41) is 0. The van der Waals surface area contributed by atoms with Crippen LogP contribution in [0.15, 0.2) is 24.3 Å². The van der Waals surface area contributed by atoms with Crippen LogP contribution in [0.1, 0.15) is 27.2 Å². The maximum Gasteiger partial charge on any atom is 0.260 e. The number of piperazine rings is 1. The van der Waals surface area contributed by atoms with Gasteiger partial charge >= 0.3 is 0 Å². The molecule has 0 atom stereocenters. The number of benzene rings is 1. The minimum atomic E-state index is 0.0607. The molecule has 0 spiro atoms. The Morgan fingerprint density at radius 2 is 1.62 bits per heavy atom. The third-order valence-electron chi connectivity index (χ3n) is 4.01. The number of amides is 1. The lowest BCUT2D eigenvalue weighted by Crippen LogP contribution is -2.50. The maximum absolute atomic E-state index is 12.3. The van der Waals surface area contributed by atoms with E-state index in [1.807, 2.05) is 29.2 Å². The highest BCUT2D eigenvalue weighted by atomic mass is 16.5. The van der Waals surface area contributed by atoms with E-state index in [9.17, 15) is 4.79 Å². The fourth-order valence-electron chi connectivity index (χ4n) is 2.78. The largest absolute Gasteiger partial charge is 0.494 e. The summed E-state index contributed by atoms with van der Waals surface area (Å²) in [7, 11) is 0. The second-order valence-corrected chi connectivity index (χ2v) is 6.68. The first-order valence-corrected chi connectivity index (χ1v) is 8.94. The zero-order chi connectivity index (χ0) is 17.4. The lowest BCUT2D eigenvalue weighted by Gasteiger charge is -2.35. The van der Waals surface area contributed by atoms with E-state index in [1.165, 1.54) is 0 Å². The number of nitrogens with zero attached hydrogens (tertiary/aromatic N) is 2. The highest BCUT2D eigenvalue weighted by molar-refractivity contribution is 5.77. The molecule has 0 aliphatic carbocycles. The van der Waals surface area contributed by atoms with E-state index in [0.717, 1.165) is 44.9 Å². The van der Waals surface area contributed by atoms with E-state index in [4.69, 9.17) is 9.47 Å². The minimum absolute atomic E-state index is 0.0607. The Kier molecular flexibility index (Phi) is 7.37. The second-order valence-electron chi connectivity index (χ2n) is 6.68. The van der Waals surface area contributed by atoms with Crippen LogP contribution < -0.4 is 9.47 Å². The predicted octanol–water partition coefficient (Wildman–Crippen LogP) is 2.65. The van der Waals surface area contributed by atoms with Crippen LogP contribution in [-0.2, 0) is 4.79 Å². The van der Waals surface area contributed by atoms with Crippen molar-refractivity contribution in [2.45, 2.75) is 27.2 Å². The Bertz CT molecular complexity index is 494. The fourth-order valence-corrected chi connectivity index (χ4v) is 2.78. The number of carbonyl (C=O) groups excluding carboxylic acids is 1. The fraction of sp³-hybridized carbons (Fsp3) is 0.632. The first-order chi connectivity index (χ1) is 11.6. The summed E-state index contributed by atoms with van der Waals surface area (Å²) in [5.41, 5.74) is 0. The Hall–Kier alpha value is -1.75.